The van der Waals surface area contributed by atoms with Crippen molar-refractivity contribution < 1.29 is 33.2 Å². The average molecular weight is 574 g/mol. The SMILES string of the molecule is COC(=O)c1nc(OCC2CCNCC2)c2cc(OCc3ccccn3)ccc2c1-c1cc(OC)c(OC)c(OC)c1. The topological polar surface area (TPSA) is 110 Å². The van der Waals surface area contributed by atoms with Crippen LogP contribution >= 0.6 is 0 Å². The van der Waals surface area contributed by atoms with Gasteiger partial charge in [-0.2, -0.15) is 0 Å². The van der Waals surface area contributed by atoms with Gasteiger partial charge in [0, 0.05) is 17.1 Å². The van der Waals surface area contributed by atoms with Crippen molar-refractivity contribution in [3.8, 4) is 40.0 Å². The summed E-state index contributed by atoms with van der Waals surface area (Å²) in [7, 11) is 5.96. The molecule has 0 amide bonds. The second-order valence-electron chi connectivity index (χ2n) is 9.87. The molecule has 2 aromatic carbocycles. The molecule has 5 rings (SSSR count). The van der Waals surface area contributed by atoms with E-state index in [0.717, 1.165) is 37.0 Å². The lowest BCUT2D eigenvalue weighted by Crippen LogP contribution is -2.30. The Balaban J connectivity index is 1.66. The van der Waals surface area contributed by atoms with Crippen LogP contribution in [0.4, 0.5) is 0 Å². The molecule has 0 radical (unpaired) electrons. The molecule has 0 spiro atoms. The summed E-state index contributed by atoms with van der Waals surface area (Å²) >= 11 is 0. The standard InChI is InChI=1S/C32H35N3O7/c1-37-26-15-21(16-27(38-2)30(26)39-3)28-24-9-8-23(41-19-22-7-5-6-12-34-22)17-25(24)31(35-29(28)32(36)40-4)42-18-20-10-13-33-14-11-20/h5-9,12,15-17,20,33H,10-11,13-14,18-19H2,1-4H3. The number of aromatic nitrogens is 2. The summed E-state index contributed by atoms with van der Waals surface area (Å²) in [4.78, 5) is 22.3. The van der Waals surface area contributed by atoms with Crippen molar-refractivity contribution >= 4 is 16.7 Å². The van der Waals surface area contributed by atoms with Gasteiger partial charge in [0.1, 0.15) is 12.4 Å². The zero-order chi connectivity index (χ0) is 29.5. The minimum absolute atomic E-state index is 0.113. The molecule has 0 bridgehead atoms. The maximum absolute atomic E-state index is 13.2. The summed E-state index contributed by atoms with van der Waals surface area (Å²) in [5.41, 5.74) is 2.09. The Morgan fingerprint density at radius 1 is 0.905 bits per heavy atom. The van der Waals surface area contributed by atoms with Gasteiger partial charge < -0.3 is 33.7 Å². The van der Waals surface area contributed by atoms with E-state index in [2.05, 4.69) is 10.3 Å². The van der Waals surface area contributed by atoms with E-state index >= 15 is 0 Å². The van der Waals surface area contributed by atoms with Crippen molar-refractivity contribution in [1.29, 1.82) is 0 Å². The van der Waals surface area contributed by atoms with Crippen LogP contribution in [0.1, 0.15) is 29.0 Å². The number of nitrogens with one attached hydrogen (secondary N) is 1. The summed E-state index contributed by atoms with van der Waals surface area (Å²) in [6.45, 7) is 2.67. The van der Waals surface area contributed by atoms with E-state index in [4.69, 9.17) is 33.4 Å². The van der Waals surface area contributed by atoms with Crippen LogP contribution in [0.3, 0.4) is 0 Å². The number of hydrogen-bond acceptors (Lipinski definition) is 10. The lowest BCUT2D eigenvalue weighted by Gasteiger charge is -2.23. The fourth-order valence-electron chi connectivity index (χ4n) is 5.11. The fraction of sp³-hybridized carbons (Fsp3) is 0.344. The first-order valence-corrected chi connectivity index (χ1v) is 13.8. The molecule has 0 atom stereocenters. The van der Waals surface area contributed by atoms with Gasteiger partial charge in [0.2, 0.25) is 11.6 Å². The lowest BCUT2D eigenvalue weighted by molar-refractivity contribution is 0.0593. The summed E-state index contributed by atoms with van der Waals surface area (Å²) < 4.78 is 34.4. The number of fused-ring (bicyclic) bond motifs is 1. The molecule has 1 N–H and O–H groups in total. The number of esters is 1. The first-order valence-electron chi connectivity index (χ1n) is 13.8. The van der Waals surface area contributed by atoms with E-state index in [0.29, 0.717) is 64.5 Å². The number of methoxy groups -OCH3 is 4. The summed E-state index contributed by atoms with van der Waals surface area (Å²) in [5.74, 6) is 2.06. The van der Waals surface area contributed by atoms with Gasteiger partial charge in [-0.1, -0.05) is 6.07 Å². The molecule has 0 saturated carbocycles. The summed E-state index contributed by atoms with van der Waals surface area (Å²) in [6.07, 6.45) is 3.74. The molecule has 220 valence electrons. The highest BCUT2D eigenvalue weighted by Gasteiger charge is 2.26. The Morgan fingerprint density at radius 3 is 2.31 bits per heavy atom. The number of benzene rings is 2. The third-order valence-electron chi connectivity index (χ3n) is 7.30. The second-order valence-corrected chi connectivity index (χ2v) is 9.87. The first-order chi connectivity index (χ1) is 20.6. The van der Waals surface area contributed by atoms with Gasteiger partial charge in [0.25, 0.3) is 0 Å². The predicted octanol–water partition coefficient (Wildman–Crippen LogP) is 5.07. The Hall–Kier alpha value is -4.57. The monoisotopic (exact) mass is 573 g/mol. The number of nitrogens with zero attached hydrogens (tertiary/aromatic N) is 2. The van der Waals surface area contributed by atoms with E-state index in [9.17, 15) is 4.79 Å². The molecular formula is C32H35N3O7. The molecule has 1 aliphatic rings. The minimum Gasteiger partial charge on any atom is -0.493 e. The quantitative estimate of drug-likeness (QED) is 0.244. The number of carbonyl (C=O) groups is 1. The smallest absolute Gasteiger partial charge is 0.357 e. The lowest BCUT2D eigenvalue weighted by atomic mass is 9.96. The fourth-order valence-corrected chi connectivity index (χ4v) is 5.11. The van der Waals surface area contributed by atoms with Gasteiger partial charge in [-0.3, -0.25) is 4.98 Å². The molecule has 10 heteroatoms. The number of rotatable bonds is 11. The normalized spacial score (nSPS) is 13.4. The number of carbonyl (C=O) groups excluding carboxylic acids is 1. The van der Waals surface area contributed by atoms with E-state index in [1.807, 2.05) is 36.4 Å². The third-order valence-corrected chi connectivity index (χ3v) is 7.30. The molecule has 0 unspecified atom stereocenters. The molecule has 1 aliphatic heterocycles. The van der Waals surface area contributed by atoms with Crippen molar-refractivity contribution in [2.75, 3.05) is 48.1 Å². The Bertz CT molecular complexity index is 1510. The van der Waals surface area contributed by atoms with Crippen molar-refractivity contribution in [3.05, 3.63) is 66.1 Å². The van der Waals surface area contributed by atoms with Crippen molar-refractivity contribution in [2.24, 2.45) is 5.92 Å². The molecule has 0 aliphatic carbocycles. The van der Waals surface area contributed by atoms with Crippen molar-refractivity contribution in [1.82, 2.24) is 15.3 Å². The first kappa shape index (κ1) is 28.9. The van der Waals surface area contributed by atoms with E-state index in [1.165, 1.54) is 14.2 Å². The third kappa shape index (κ3) is 6.18. The molecule has 2 aromatic heterocycles. The molecule has 42 heavy (non-hydrogen) atoms. The zero-order valence-electron chi connectivity index (χ0n) is 24.3. The highest BCUT2D eigenvalue weighted by molar-refractivity contribution is 6.08. The van der Waals surface area contributed by atoms with Gasteiger partial charge in [-0.15, -0.1) is 0 Å². The number of hydrogen-bond donors (Lipinski definition) is 1. The number of ether oxygens (including phenoxy) is 6. The Kier molecular flexibility index (Phi) is 9.23. The minimum atomic E-state index is -0.595. The van der Waals surface area contributed by atoms with Crippen molar-refractivity contribution in [2.45, 2.75) is 19.4 Å². The van der Waals surface area contributed by atoms with Gasteiger partial charge in [0.05, 0.1) is 40.7 Å². The van der Waals surface area contributed by atoms with Crippen LogP contribution in [0, 0.1) is 5.92 Å². The number of piperidine rings is 1. The van der Waals surface area contributed by atoms with Gasteiger partial charge >= 0.3 is 5.97 Å². The molecule has 4 aromatic rings. The van der Waals surface area contributed by atoms with Crippen LogP contribution in [0.15, 0.2) is 54.7 Å². The van der Waals surface area contributed by atoms with Crippen LogP contribution in [0.25, 0.3) is 21.9 Å². The van der Waals surface area contributed by atoms with E-state index in [1.54, 1.807) is 32.5 Å². The van der Waals surface area contributed by atoms with Gasteiger partial charge in [0.15, 0.2) is 17.2 Å². The van der Waals surface area contributed by atoms with Crippen molar-refractivity contribution in [3.63, 3.8) is 0 Å². The Labute approximate surface area is 244 Å². The van der Waals surface area contributed by atoms with Crippen LogP contribution in [0.2, 0.25) is 0 Å². The maximum atomic E-state index is 13.2. The van der Waals surface area contributed by atoms with E-state index < -0.39 is 5.97 Å². The summed E-state index contributed by atoms with van der Waals surface area (Å²) in [5, 5.41) is 4.80. The average Bonchev–Trinajstić information content (AvgIpc) is 3.05. The molecular weight excluding hydrogens is 538 g/mol. The molecule has 1 saturated heterocycles. The van der Waals surface area contributed by atoms with E-state index in [-0.39, 0.29) is 5.69 Å². The molecule has 1 fully saturated rings. The maximum Gasteiger partial charge on any atom is 0.357 e. The second kappa shape index (κ2) is 13.4. The largest absolute Gasteiger partial charge is 0.493 e. The molecule has 10 nitrogen and oxygen atoms in total. The van der Waals surface area contributed by atoms with Crippen LogP contribution in [-0.4, -0.2) is 64.1 Å². The molecule has 3 heterocycles. The van der Waals surface area contributed by atoms with Crippen LogP contribution in [0.5, 0.6) is 28.9 Å². The highest BCUT2D eigenvalue weighted by Crippen LogP contribution is 2.45. The highest BCUT2D eigenvalue weighted by atomic mass is 16.5. The Morgan fingerprint density at radius 2 is 1.67 bits per heavy atom. The van der Waals surface area contributed by atoms with Gasteiger partial charge in [-0.05, 0) is 85.3 Å². The van der Waals surface area contributed by atoms with Crippen LogP contribution in [-0.2, 0) is 11.3 Å². The predicted molar refractivity (Wildman–Crippen MR) is 158 cm³/mol. The summed E-state index contributed by atoms with van der Waals surface area (Å²) in [6, 6.07) is 14.9. The zero-order valence-corrected chi connectivity index (χ0v) is 24.3. The number of pyridine rings is 2. The van der Waals surface area contributed by atoms with Crippen LogP contribution < -0.4 is 29.0 Å². The van der Waals surface area contributed by atoms with Gasteiger partial charge in [-0.25, -0.2) is 9.78 Å².